The highest BCUT2D eigenvalue weighted by molar-refractivity contribution is 7.19. The van der Waals surface area contributed by atoms with Crippen LogP contribution in [0.1, 0.15) is 47.2 Å². The first-order chi connectivity index (χ1) is 9.38. The van der Waals surface area contributed by atoms with Crippen LogP contribution in [-0.2, 0) is 0 Å². The number of rotatable bonds is 7. The first kappa shape index (κ1) is 16.3. The molecule has 0 saturated carbocycles. The molecule has 0 fully saturated rings. The maximum atomic E-state index is 12.0. The zero-order valence-corrected chi connectivity index (χ0v) is 12.9. The fourth-order valence-electron chi connectivity index (χ4n) is 1.60. The molecule has 1 rings (SSSR count). The van der Waals surface area contributed by atoms with Crippen molar-refractivity contribution in [2.75, 3.05) is 24.1 Å². The monoisotopic (exact) mass is 298 g/mol. The van der Waals surface area contributed by atoms with Crippen LogP contribution >= 0.6 is 11.3 Å². The van der Waals surface area contributed by atoms with Crippen LogP contribution in [0.2, 0.25) is 0 Å². The van der Waals surface area contributed by atoms with E-state index in [1.54, 1.807) is 0 Å². The highest BCUT2D eigenvalue weighted by Gasteiger charge is 2.23. The number of carbonyl (C=O) groups is 2. The summed E-state index contributed by atoms with van der Waals surface area (Å²) in [6, 6.07) is 0. The Hall–Kier alpha value is -1.76. The predicted octanol–water partition coefficient (Wildman–Crippen LogP) is 1.64. The van der Waals surface area contributed by atoms with Crippen molar-refractivity contribution >= 4 is 33.8 Å². The minimum atomic E-state index is -0.625. The molecular weight excluding hydrogens is 276 g/mol. The van der Waals surface area contributed by atoms with Crippen molar-refractivity contribution in [3.63, 3.8) is 0 Å². The minimum absolute atomic E-state index is 0.155. The fourth-order valence-corrected chi connectivity index (χ4v) is 2.65. The molecule has 20 heavy (non-hydrogen) atoms. The summed E-state index contributed by atoms with van der Waals surface area (Å²) in [4.78, 5) is 23.8. The molecular formula is C13H22N4O2S. The molecule has 1 aromatic heterocycles. The van der Waals surface area contributed by atoms with Gasteiger partial charge in [0.05, 0.1) is 11.3 Å². The number of amides is 2. The van der Waals surface area contributed by atoms with E-state index in [0.29, 0.717) is 28.9 Å². The van der Waals surface area contributed by atoms with Gasteiger partial charge in [0.2, 0.25) is 0 Å². The van der Waals surface area contributed by atoms with E-state index in [4.69, 9.17) is 11.5 Å². The first-order valence-corrected chi connectivity index (χ1v) is 7.44. The Morgan fingerprint density at radius 3 is 2.50 bits per heavy atom. The second-order valence-corrected chi connectivity index (χ2v) is 5.96. The summed E-state index contributed by atoms with van der Waals surface area (Å²) >= 11 is 1.17. The largest absolute Gasteiger partial charge is 0.397 e. The van der Waals surface area contributed by atoms with Gasteiger partial charge in [0.15, 0.2) is 0 Å². The molecule has 0 atom stereocenters. The molecule has 0 bridgehead atoms. The van der Waals surface area contributed by atoms with E-state index in [1.165, 1.54) is 11.3 Å². The molecule has 0 aromatic carbocycles. The average molecular weight is 298 g/mol. The molecule has 7 heteroatoms. The summed E-state index contributed by atoms with van der Waals surface area (Å²) in [6.07, 6.45) is 0.832. The van der Waals surface area contributed by atoms with E-state index in [-0.39, 0.29) is 17.2 Å². The lowest BCUT2D eigenvalue weighted by Gasteiger charge is -2.07. The molecule has 2 amide bonds. The van der Waals surface area contributed by atoms with Crippen molar-refractivity contribution in [2.24, 2.45) is 11.7 Å². The molecule has 0 saturated heterocycles. The van der Waals surface area contributed by atoms with Gasteiger partial charge in [-0.15, -0.1) is 11.3 Å². The lowest BCUT2D eigenvalue weighted by atomic mass is 10.2. The first-order valence-electron chi connectivity index (χ1n) is 6.62. The number of nitrogens with two attached hydrogens (primary N) is 2. The SMILES string of the molecule is CCCNC(=O)c1sc(NCC(C)C)c(C(N)=O)c1N. The Kier molecular flexibility index (Phi) is 5.82. The Balaban J connectivity index is 3.05. The third-order valence-electron chi connectivity index (χ3n) is 2.60. The van der Waals surface area contributed by atoms with Crippen molar-refractivity contribution in [1.29, 1.82) is 0 Å². The molecule has 6 nitrogen and oxygen atoms in total. The van der Waals surface area contributed by atoms with Crippen LogP contribution in [0, 0.1) is 5.92 Å². The second kappa shape index (κ2) is 7.14. The average Bonchev–Trinajstić information content (AvgIpc) is 2.70. The number of thiophene rings is 1. The van der Waals surface area contributed by atoms with Crippen LogP contribution in [0.15, 0.2) is 0 Å². The molecule has 1 heterocycles. The van der Waals surface area contributed by atoms with E-state index in [2.05, 4.69) is 10.6 Å². The van der Waals surface area contributed by atoms with Crippen LogP contribution in [0.3, 0.4) is 0 Å². The molecule has 0 radical (unpaired) electrons. The van der Waals surface area contributed by atoms with Gasteiger partial charge in [0, 0.05) is 13.1 Å². The lowest BCUT2D eigenvalue weighted by molar-refractivity contribution is 0.0958. The fraction of sp³-hybridized carbons (Fsp3) is 0.538. The van der Waals surface area contributed by atoms with E-state index in [1.807, 2.05) is 20.8 Å². The van der Waals surface area contributed by atoms with Crippen molar-refractivity contribution in [2.45, 2.75) is 27.2 Å². The molecule has 6 N–H and O–H groups in total. The highest BCUT2D eigenvalue weighted by Crippen LogP contribution is 2.35. The van der Waals surface area contributed by atoms with Crippen LogP contribution in [-0.4, -0.2) is 24.9 Å². The van der Waals surface area contributed by atoms with Gasteiger partial charge in [-0.2, -0.15) is 0 Å². The Morgan fingerprint density at radius 2 is 2.00 bits per heavy atom. The summed E-state index contributed by atoms with van der Waals surface area (Å²) in [5.41, 5.74) is 11.6. The zero-order chi connectivity index (χ0) is 15.3. The van der Waals surface area contributed by atoms with Crippen LogP contribution in [0.5, 0.6) is 0 Å². The van der Waals surface area contributed by atoms with Gasteiger partial charge < -0.3 is 22.1 Å². The molecule has 0 aliphatic rings. The molecule has 0 unspecified atom stereocenters. The van der Waals surface area contributed by atoms with Crippen LogP contribution in [0.4, 0.5) is 10.7 Å². The van der Waals surface area contributed by atoms with Gasteiger partial charge in [-0.25, -0.2) is 0 Å². The second-order valence-electron chi connectivity index (χ2n) is 4.94. The number of hydrogen-bond acceptors (Lipinski definition) is 5. The maximum absolute atomic E-state index is 12.0. The Morgan fingerprint density at radius 1 is 1.35 bits per heavy atom. The van der Waals surface area contributed by atoms with Crippen molar-refractivity contribution in [3.05, 3.63) is 10.4 Å². The van der Waals surface area contributed by atoms with Crippen molar-refractivity contribution in [3.8, 4) is 0 Å². The van der Waals surface area contributed by atoms with Gasteiger partial charge in [-0.3, -0.25) is 9.59 Å². The number of primary amides is 1. The molecule has 0 aliphatic heterocycles. The summed E-state index contributed by atoms with van der Waals surface area (Å²) in [5, 5.41) is 6.43. The van der Waals surface area contributed by atoms with E-state index in [0.717, 1.165) is 6.42 Å². The normalized spacial score (nSPS) is 10.6. The summed E-state index contributed by atoms with van der Waals surface area (Å²) in [6.45, 7) is 7.29. The van der Waals surface area contributed by atoms with Gasteiger partial charge in [0.1, 0.15) is 9.88 Å². The summed E-state index contributed by atoms with van der Waals surface area (Å²) in [5.74, 6) is -0.495. The topological polar surface area (TPSA) is 110 Å². The number of nitrogens with one attached hydrogen (secondary N) is 2. The quantitative estimate of drug-likeness (QED) is 0.613. The molecule has 1 aromatic rings. The third kappa shape index (κ3) is 3.86. The number of hydrogen-bond donors (Lipinski definition) is 4. The minimum Gasteiger partial charge on any atom is -0.397 e. The summed E-state index contributed by atoms with van der Waals surface area (Å²) < 4.78 is 0. The van der Waals surface area contributed by atoms with Crippen molar-refractivity contribution in [1.82, 2.24) is 5.32 Å². The molecule has 0 spiro atoms. The number of anilines is 2. The Bertz CT molecular complexity index is 497. The zero-order valence-electron chi connectivity index (χ0n) is 12.1. The van der Waals surface area contributed by atoms with Gasteiger partial charge in [-0.05, 0) is 12.3 Å². The van der Waals surface area contributed by atoms with Crippen molar-refractivity contribution < 1.29 is 9.59 Å². The molecule has 112 valence electrons. The number of carbonyl (C=O) groups excluding carboxylic acids is 2. The van der Waals surface area contributed by atoms with Crippen LogP contribution in [0.25, 0.3) is 0 Å². The third-order valence-corrected chi connectivity index (χ3v) is 3.77. The lowest BCUT2D eigenvalue weighted by Crippen LogP contribution is -2.24. The van der Waals surface area contributed by atoms with Gasteiger partial charge in [-0.1, -0.05) is 20.8 Å². The van der Waals surface area contributed by atoms with Gasteiger partial charge >= 0.3 is 0 Å². The Labute approximate surface area is 122 Å². The van der Waals surface area contributed by atoms with Crippen LogP contribution < -0.4 is 22.1 Å². The highest BCUT2D eigenvalue weighted by atomic mass is 32.1. The maximum Gasteiger partial charge on any atom is 0.263 e. The summed E-state index contributed by atoms with van der Waals surface area (Å²) in [7, 11) is 0. The van der Waals surface area contributed by atoms with E-state index < -0.39 is 5.91 Å². The predicted molar refractivity (Wildman–Crippen MR) is 83.2 cm³/mol. The smallest absolute Gasteiger partial charge is 0.263 e. The van der Waals surface area contributed by atoms with E-state index >= 15 is 0 Å². The van der Waals surface area contributed by atoms with E-state index in [9.17, 15) is 9.59 Å². The van der Waals surface area contributed by atoms with Gasteiger partial charge in [0.25, 0.3) is 11.8 Å². The molecule has 0 aliphatic carbocycles. The number of nitrogen functional groups attached to an aromatic ring is 1. The standard InChI is InChI=1S/C13H22N4O2S/c1-4-5-16-12(19)10-9(14)8(11(15)18)13(20-10)17-6-7(2)3/h7,17H,4-6,14H2,1-3H3,(H2,15,18)(H,16,19).